The Morgan fingerprint density at radius 1 is 1.73 bits per heavy atom. The third-order valence-corrected chi connectivity index (χ3v) is 1.11. The minimum atomic E-state index is 0.322. The molecule has 0 radical (unpaired) electrons. The number of guanidine groups is 1. The molecule has 0 bridgehead atoms. The van der Waals surface area contributed by atoms with E-state index in [-0.39, 0.29) is 0 Å². The van der Waals surface area contributed by atoms with Crippen molar-refractivity contribution < 1.29 is 0 Å². The molecule has 64 valence electrons. The van der Waals surface area contributed by atoms with E-state index in [4.69, 9.17) is 5.73 Å². The maximum absolute atomic E-state index is 5.50. The Kier molecular flexibility index (Phi) is 4.94. The highest BCUT2D eigenvalue weighted by molar-refractivity contribution is 9.11. The van der Waals surface area contributed by atoms with Crippen LogP contribution in [0.25, 0.3) is 0 Å². The van der Waals surface area contributed by atoms with Gasteiger partial charge in [0.1, 0.15) is 0 Å². The maximum Gasteiger partial charge on any atom is 0.189 e. The van der Waals surface area contributed by atoms with Crippen molar-refractivity contribution in [2.45, 2.75) is 19.9 Å². The second-order valence-corrected chi connectivity index (χ2v) is 3.64. The molecule has 4 heteroatoms. The highest BCUT2D eigenvalue weighted by atomic mass is 79.9. The molecule has 0 aromatic heterocycles. The average Bonchev–Trinajstić information content (AvgIpc) is 1.82. The van der Waals surface area contributed by atoms with E-state index in [9.17, 15) is 0 Å². The van der Waals surface area contributed by atoms with Crippen LogP contribution in [0.3, 0.4) is 0 Å². The van der Waals surface area contributed by atoms with Gasteiger partial charge < -0.3 is 11.1 Å². The van der Waals surface area contributed by atoms with E-state index in [1.54, 1.807) is 0 Å². The van der Waals surface area contributed by atoms with Gasteiger partial charge in [-0.05, 0) is 13.8 Å². The van der Waals surface area contributed by atoms with Crippen LogP contribution >= 0.6 is 15.9 Å². The number of nitrogens with two attached hydrogens (primary N) is 1. The zero-order chi connectivity index (χ0) is 8.85. The Bertz CT molecular complexity index is 163. The summed E-state index contributed by atoms with van der Waals surface area (Å²) in [6, 6.07) is 0.322. The van der Waals surface area contributed by atoms with Crippen molar-refractivity contribution >= 4 is 21.9 Å². The second kappa shape index (κ2) is 5.18. The van der Waals surface area contributed by atoms with Gasteiger partial charge in [0.05, 0.1) is 6.54 Å². The number of nitrogens with one attached hydrogen (secondary N) is 1. The zero-order valence-corrected chi connectivity index (χ0v) is 8.48. The summed E-state index contributed by atoms with van der Waals surface area (Å²) in [5.74, 6) is 0.459. The molecule has 0 atom stereocenters. The molecule has 0 amide bonds. The molecule has 0 aliphatic carbocycles. The first-order valence-corrected chi connectivity index (χ1v) is 4.21. The van der Waals surface area contributed by atoms with Crippen LogP contribution in [-0.4, -0.2) is 18.5 Å². The molecule has 0 saturated carbocycles. The van der Waals surface area contributed by atoms with Gasteiger partial charge >= 0.3 is 0 Å². The molecule has 0 spiro atoms. The Balaban J connectivity index is 3.72. The Morgan fingerprint density at radius 2 is 2.27 bits per heavy atom. The standard InChI is InChI=1S/C7H14BrN3/c1-5(2)11-7(9)10-4-6(3)8/h5H,3-4H2,1-2H3,(H3,9,10,11). The van der Waals surface area contributed by atoms with Crippen molar-refractivity contribution in [1.82, 2.24) is 5.32 Å². The SMILES string of the molecule is C=C(Br)CN=C(N)NC(C)C. The van der Waals surface area contributed by atoms with Gasteiger partial charge in [0.2, 0.25) is 0 Å². The van der Waals surface area contributed by atoms with Crippen LogP contribution in [-0.2, 0) is 0 Å². The Hall–Kier alpha value is -0.510. The summed E-state index contributed by atoms with van der Waals surface area (Å²) in [5.41, 5.74) is 5.50. The van der Waals surface area contributed by atoms with E-state index in [1.807, 2.05) is 13.8 Å². The van der Waals surface area contributed by atoms with Crippen LogP contribution in [0.4, 0.5) is 0 Å². The van der Waals surface area contributed by atoms with E-state index in [1.165, 1.54) is 0 Å². The fourth-order valence-electron chi connectivity index (χ4n) is 0.512. The van der Waals surface area contributed by atoms with E-state index in [2.05, 4.69) is 32.8 Å². The minimum Gasteiger partial charge on any atom is -0.370 e. The maximum atomic E-state index is 5.50. The molecular weight excluding hydrogens is 206 g/mol. The van der Waals surface area contributed by atoms with Crippen molar-refractivity contribution in [2.75, 3.05) is 6.54 Å². The van der Waals surface area contributed by atoms with Gasteiger partial charge in [0.15, 0.2) is 5.96 Å². The van der Waals surface area contributed by atoms with Gasteiger partial charge in [0, 0.05) is 10.5 Å². The van der Waals surface area contributed by atoms with Crippen LogP contribution in [0.15, 0.2) is 16.1 Å². The Labute approximate surface area is 75.9 Å². The normalized spacial score (nSPS) is 11.8. The molecule has 0 unspecified atom stereocenters. The summed E-state index contributed by atoms with van der Waals surface area (Å²) in [7, 11) is 0. The van der Waals surface area contributed by atoms with Crippen LogP contribution in [0.2, 0.25) is 0 Å². The molecular formula is C7H14BrN3. The monoisotopic (exact) mass is 219 g/mol. The van der Waals surface area contributed by atoms with Gasteiger partial charge in [-0.3, -0.25) is 0 Å². The fraction of sp³-hybridized carbons (Fsp3) is 0.571. The van der Waals surface area contributed by atoms with Crippen LogP contribution < -0.4 is 11.1 Å². The van der Waals surface area contributed by atoms with Crippen LogP contribution in [0, 0.1) is 0 Å². The lowest BCUT2D eigenvalue weighted by Gasteiger charge is -2.07. The summed E-state index contributed by atoms with van der Waals surface area (Å²) in [6.07, 6.45) is 0. The molecule has 0 fully saturated rings. The van der Waals surface area contributed by atoms with Gasteiger partial charge in [-0.15, -0.1) is 0 Å². The van der Waals surface area contributed by atoms with Crippen molar-refractivity contribution in [2.24, 2.45) is 10.7 Å². The summed E-state index contributed by atoms with van der Waals surface area (Å²) in [6.45, 7) is 8.16. The minimum absolute atomic E-state index is 0.322. The molecule has 0 saturated heterocycles. The van der Waals surface area contributed by atoms with Crippen molar-refractivity contribution in [3.63, 3.8) is 0 Å². The molecule has 0 aliphatic rings. The number of hydrogen-bond acceptors (Lipinski definition) is 1. The van der Waals surface area contributed by atoms with Gasteiger partial charge in [-0.2, -0.15) is 0 Å². The van der Waals surface area contributed by atoms with Gasteiger partial charge in [0.25, 0.3) is 0 Å². The second-order valence-electron chi connectivity index (χ2n) is 2.52. The topological polar surface area (TPSA) is 50.4 Å². The number of halogens is 1. The van der Waals surface area contributed by atoms with E-state index < -0.39 is 0 Å². The molecule has 0 rings (SSSR count). The number of rotatable bonds is 3. The highest BCUT2D eigenvalue weighted by Gasteiger charge is 1.93. The first-order valence-electron chi connectivity index (χ1n) is 3.42. The lowest BCUT2D eigenvalue weighted by molar-refractivity contribution is 0.726. The lowest BCUT2D eigenvalue weighted by atomic mass is 10.4. The van der Waals surface area contributed by atoms with Crippen molar-refractivity contribution in [3.8, 4) is 0 Å². The molecule has 0 heterocycles. The average molecular weight is 220 g/mol. The number of hydrogen-bond donors (Lipinski definition) is 2. The van der Waals surface area contributed by atoms with E-state index >= 15 is 0 Å². The molecule has 3 nitrogen and oxygen atoms in total. The third-order valence-electron chi connectivity index (χ3n) is 0.858. The molecule has 0 aromatic rings. The predicted molar refractivity (Wildman–Crippen MR) is 52.8 cm³/mol. The van der Waals surface area contributed by atoms with Crippen LogP contribution in [0.1, 0.15) is 13.8 Å². The zero-order valence-electron chi connectivity index (χ0n) is 6.89. The third kappa shape index (κ3) is 7.39. The van der Waals surface area contributed by atoms with E-state index in [0.717, 1.165) is 4.48 Å². The fourth-order valence-corrected chi connectivity index (χ4v) is 0.638. The van der Waals surface area contributed by atoms with Gasteiger partial charge in [-0.25, -0.2) is 4.99 Å². The van der Waals surface area contributed by atoms with Crippen LogP contribution in [0.5, 0.6) is 0 Å². The summed E-state index contributed by atoms with van der Waals surface area (Å²) in [4.78, 5) is 4.00. The lowest BCUT2D eigenvalue weighted by Crippen LogP contribution is -2.36. The summed E-state index contributed by atoms with van der Waals surface area (Å²) >= 11 is 3.18. The van der Waals surface area contributed by atoms with Crippen molar-refractivity contribution in [3.05, 3.63) is 11.1 Å². The number of aliphatic imine (C=N–C) groups is 1. The highest BCUT2D eigenvalue weighted by Crippen LogP contribution is 1.99. The first-order chi connectivity index (χ1) is 5.02. The first kappa shape index (κ1) is 10.5. The van der Waals surface area contributed by atoms with E-state index in [0.29, 0.717) is 18.5 Å². The smallest absolute Gasteiger partial charge is 0.189 e. The molecule has 0 aliphatic heterocycles. The molecule has 0 aromatic carbocycles. The molecule has 3 N–H and O–H groups in total. The summed E-state index contributed by atoms with van der Waals surface area (Å²) in [5, 5.41) is 2.96. The predicted octanol–water partition coefficient (Wildman–Crippen LogP) is 1.21. The Morgan fingerprint density at radius 3 is 2.64 bits per heavy atom. The summed E-state index contributed by atoms with van der Waals surface area (Å²) < 4.78 is 0.825. The molecule has 11 heavy (non-hydrogen) atoms. The largest absolute Gasteiger partial charge is 0.370 e. The number of nitrogens with zero attached hydrogens (tertiary/aromatic N) is 1. The van der Waals surface area contributed by atoms with Gasteiger partial charge in [-0.1, -0.05) is 22.5 Å². The van der Waals surface area contributed by atoms with Crippen molar-refractivity contribution in [1.29, 1.82) is 0 Å². The quantitative estimate of drug-likeness (QED) is 0.554.